The Morgan fingerprint density at radius 1 is 1.38 bits per heavy atom. The van der Waals surface area contributed by atoms with Gasteiger partial charge in [-0.1, -0.05) is 19.0 Å². The molecule has 21 heavy (non-hydrogen) atoms. The average molecular weight is 295 g/mol. The zero-order chi connectivity index (χ0) is 15.4. The number of likely N-dealkylation sites (tertiary alicyclic amines) is 1. The first-order valence-electron chi connectivity index (χ1n) is 7.33. The highest BCUT2D eigenvalue weighted by Gasteiger charge is 2.36. The van der Waals surface area contributed by atoms with E-state index < -0.39 is 11.9 Å². The summed E-state index contributed by atoms with van der Waals surface area (Å²) in [6, 6.07) is 0. The largest absolute Gasteiger partial charge is 0.481 e. The van der Waals surface area contributed by atoms with E-state index >= 15 is 0 Å². The third-order valence-corrected chi connectivity index (χ3v) is 3.82. The number of carboxylic acid groups (broad SMARTS) is 1. The van der Waals surface area contributed by atoms with E-state index in [1.807, 2.05) is 13.8 Å². The average Bonchev–Trinajstić information content (AvgIpc) is 3.03. The first-order chi connectivity index (χ1) is 10.0. The van der Waals surface area contributed by atoms with Gasteiger partial charge in [-0.05, 0) is 12.3 Å². The van der Waals surface area contributed by atoms with Crippen molar-refractivity contribution in [2.24, 2.45) is 11.8 Å². The van der Waals surface area contributed by atoms with Crippen LogP contribution in [0.1, 0.15) is 38.4 Å². The highest BCUT2D eigenvalue weighted by molar-refractivity contribution is 5.79. The van der Waals surface area contributed by atoms with Crippen molar-refractivity contribution < 1.29 is 19.2 Å². The lowest BCUT2D eigenvalue weighted by Crippen LogP contribution is -2.30. The molecule has 0 aromatic carbocycles. The number of aryl methyl sites for hydroxylation is 2. The van der Waals surface area contributed by atoms with Crippen LogP contribution in [0, 0.1) is 11.8 Å². The van der Waals surface area contributed by atoms with E-state index in [1.54, 1.807) is 4.90 Å². The van der Waals surface area contributed by atoms with Crippen molar-refractivity contribution in [1.82, 2.24) is 15.0 Å². The molecule has 0 saturated carbocycles. The van der Waals surface area contributed by atoms with Gasteiger partial charge >= 0.3 is 5.97 Å². The third-order valence-electron chi connectivity index (χ3n) is 3.82. The molecule has 7 heteroatoms. The summed E-state index contributed by atoms with van der Waals surface area (Å²) in [5.74, 6) is -0.228. The van der Waals surface area contributed by atoms with Gasteiger partial charge in [0, 0.05) is 32.4 Å². The van der Waals surface area contributed by atoms with Crippen LogP contribution in [0.4, 0.5) is 0 Å². The maximum absolute atomic E-state index is 12.1. The Morgan fingerprint density at radius 2 is 2.14 bits per heavy atom. The molecule has 116 valence electrons. The van der Waals surface area contributed by atoms with Crippen molar-refractivity contribution >= 4 is 11.9 Å². The predicted octanol–water partition coefficient (Wildman–Crippen LogP) is 1.13. The number of aromatic nitrogens is 2. The van der Waals surface area contributed by atoms with Crippen LogP contribution < -0.4 is 0 Å². The Morgan fingerprint density at radius 3 is 2.76 bits per heavy atom. The molecule has 0 aliphatic carbocycles. The number of hydrogen-bond donors (Lipinski definition) is 1. The van der Waals surface area contributed by atoms with Crippen LogP contribution in [0.2, 0.25) is 0 Å². The minimum Gasteiger partial charge on any atom is -0.481 e. The summed E-state index contributed by atoms with van der Waals surface area (Å²) in [6.07, 6.45) is 2.38. The maximum atomic E-state index is 12.1. The fraction of sp³-hybridized carbons (Fsp3) is 0.714. The number of hydrogen-bond acceptors (Lipinski definition) is 5. The van der Waals surface area contributed by atoms with Crippen molar-refractivity contribution in [2.45, 2.75) is 39.5 Å². The van der Waals surface area contributed by atoms with Crippen LogP contribution in [-0.2, 0) is 22.4 Å². The lowest BCUT2D eigenvalue weighted by Gasteiger charge is -2.15. The minimum atomic E-state index is -0.834. The van der Waals surface area contributed by atoms with Gasteiger partial charge in [0.05, 0.1) is 5.92 Å². The Labute approximate surface area is 123 Å². The SMILES string of the molecule is CCCc1noc(CCC(=O)N2C[C@@H](C)[C@H](C(=O)O)C2)n1. The summed E-state index contributed by atoms with van der Waals surface area (Å²) >= 11 is 0. The van der Waals surface area contributed by atoms with Gasteiger partial charge < -0.3 is 14.5 Å². The Bertz CT molecular complexity index is 514. The third kappa shape index (κ3) is 3.80. The molecule has 1 aliphatic heterocycles. The van der Waals surface area contributed by atoms with Gasteiger partial charge in [-0.25, -0.2) is 0 Å². The molecule has 1 aromatic rings. The molecular formula is C14H21N3O4. The number of nitrogens with zero attached hydrogens (tertiary/aromatic N) is 3. The number of aliphatic carboxylic acids is 1. The smallest absolute Gasteiger partial charge is 0.308 e. The summed E-state index contributed by atoms with van der Waals surface area (Å²) in [4.78, 5) is 29.0. The lowest BCUT2D eigenvalue weighted by molar-refractivity contribution is -0.142. The van der Waals surface area contributed by atoms with E-state index in [-0.39, 0.29) is 18.2 Å². The Kier molecular flexibility index (Phi) is 4.93. The molecule has 2 heterocycles. The summed E-state index contributed by atoms with van der Waals surface area (Å²) < 4.78 is 5.08. The molecule has 0 unspecified atom stereocenters. The van der Waals surface area contributed by atoms with Crippen LogP contribution >= 0.6 is 0 Å². The zero-order valence-corrected chi connectivity index (χ0v) is 12.4. The fourth-order valence-corrected chi connectivity index (χ4v) is 2.58. The first kappa shape index (κ1) is 15.5. The van der Waals surface area contributed by atoms with E-state index in [0.29, 0.717) is 31.2 Å². The van der Waals surface area contributed by atoms with E-state index in [9.17, 15) is 9.59 Å². The predicted molar refractivity (Wildman–Crippen MR) is 73.5 cm³/mol. The highest BCUT2D eigenvalue weighted by Crippen LogP contribution is 2.23. The molecule has 7 nitrogen and oxygen atoms in total. The molecule has 1 saturated heterocycles. The van der Waals surface area contributed by atoms with Crippen molar-refractivity contribution in [1.29, 1.82) is 0 Å². The van der Waals surface area contributed by atoms with Crippen LogP contribution in [-0.4, -0.2) is 45.1 Å². The highest BCUT2D eigenvalue weighted by atomic mass is 16.5. The fourth-order valence-electron chi connectivity index (χ4n) is 2.58. The molecule has 1 fully saturated rings. The van der Waals surface area contributed by atoms with Gasteiger partial charge in [0.2, 0.25) is 11.8 Å². The number of carbonyl (C=O) groups is 2. The first-order valence-corrected chi connectivity index (χ1v) is 7.33. The van der Waals surface area contributed by atoms with E-state index in [2.05, 4.69) is 10.1 Å². The molecule has 1 aromatic heterocycles. The van der Waals surface area contributed by atoms with Crippen molar-refractivity contribution in [3.05, 3.63) is 11.7 Å². The summed E-state index contributed by atoms with van der Waals surface area (Å²) in [5.41, 5.74) is 0. The van der Waals surface area contributed by atoms with Crippen molar-refractivity contribution in [2.75, 3.05) is 13.1 Å². The van der Waals surface area contributed by atoms with Gasteiger partial charge in [0.1, 0.15) is 0 Å². The maximum Gasteiger partial charge on any atom is 0.308 e. The molecule has 2 atom stereocenters. The molecule has 0 radical (unpaired) electrons. The molecule has 1 N–H and O–H groups in total. The lowest BCUT2D eigenvalue weighted by atomic mass is 9.99. The second-order valence-corrected chi connectivity index (χ2v) is 5.58. The minimum absolute atomic E-state index is 0.00832. The number of carbonyl (C=O) groups excluding carboxylic acids is 1. The quantitative estimate of drug-likeness (QED) is 0.845. The Hall–Kier alpha value is -1.92. The zero-order valence-electron chi connectivity index (χ0n) is 12.4. The van der Waals surface area contributed by atoms with Gasteiger partial charge in [0.15, 0.2) is 5.82 Å². The van der Waals surface area contributed by atoms with Gasteiger partial charge in [-0.2, -0.15) is 4.98 Å². The van der Waals surface area contributed by atoms with Gasteiger partial charge in [0.25, 0.3) is 0 Å². The van der Waals surface area contributed by atoms with Crippen molar-refractivity contribution in [3.63, 3.8) is 0 Å². The second kappa shape index (κ2) is 6.69. The molecule has 0 bridgehead atoms. The van der Waals surface area contributed by atoms with E-state index in [4.69, 9.17) is 9.63 Å². The van der Waals surface area contributed by atoms with Crippen LogP contribution in [0.25, 0.3) is 0 Å². The summed E-state index contributed by atoms with van der Waals surface area (Å²) in [7, 11) is 0. The molecule has 0 spiro atoms. The van der Waals surface area contributed by atoms with Gasteiger partial charge in [-0.15, -0.1) is 0 Å². The second-order valence-electron chi connectivity index (χ2n) is 5.58. The van der Waals surface area contributed by atoms with Crippen molar-refractivity contribution in [3.8, 4) is 0 Å². The van der Waals surface area contributed by atoms with E-state index in [1.165, 1.54) is 0 Å². The molecule has 1 aliphatic rings. The topological polar surface area (TPSA) is 96.5 Å². The normalized spacial score (nSPS) is 21.7. The van der Waals surface area contributed by atoms with Crippen LogP contribution in [0.15, 0.2) is 4.52 Å². The van der Waals surface area contributed by atoms with E-state index in [0.717, 1.165) is 12.8 Å². The summed E-state index contributed by atoms with van der Waals surface area (Å²) in [5, 5.41) is 12.9. The van der Waals surface area contributed by atoms with Crippen LogP contribution in [0.3, 0.4) is 0 Å². The molecule has 2 rings (SSSR count). The standard InChI is InChI=1S/C14H21N3O4/c1-3-4-11-15-12(21-16-11)5-6-13(18)17-7-9(2)10(8-17)14(19)20/h9-10H,3-8H2,1-2H3,(H,19,20)/t9-,10-/m1/s1. The van der Waals surface area contributed by atoms with Crippen LogP contribution in [0.5, 0.6) is 0 Å². The number of rotatable bonds is 6. The molecular weight excluding hydrogens is 274 g/mol. The Balaban J connectivity index is 1.83. The summed E-state index contributed by atoms with van der Waals surface area (Å²) in [6.45, 7) is 4.69. The van der Waals surface area contributed by atoms with Gasteiger partial charge in [-0.3, -0.25) is 9.59 Å². The number of amides is 1. The molecule has 1 amide bonds. The number of carboxylic acids is 1. The monoisotopic (exact) mass is 295 g/mol.